The van der Waals surface area contributed by atoms with Crippen LogP contribution in [0.25, 0.3) is 5.76 Å². The minimum atomic E-state index is -0.818. The molecule has 4 rings (SSSR count). The van der Waals surface area contributed by atoms with Crippen LogP contribution in [-0.2, 0) is 16.1 Å². The number of aliphatic hydroxyl groups is 1. The molecule has 1 saturated heterocycles. The van der Waals surface area contributed by atoms with Gasteiger partial charge in [-0.05, 0) is 68.3 Å². The molecule has 1 amide bonds. The first kappa shape index (κ1) is 25.8. The van der Waals surface area contributed by atoms with Crippen LogP contribution >= 0.6 is 0 Å². The molecule has 1 unspecified atom stereocenters. The van der Waals surface area contributed by atoms with Crippen LogP contribution in [0.1, 0.15) is 43.5 Å². The van der Waals surface area contributed by atoms with Gasteiger partial charge in [0.25, 0.3) is 11.7 Å². The molecule has 1 aliphatic heterocycles. The third-order valence-corrected chi connectivity index (χ3v) is 6.06. The number of carbonyl (C=O) groups excluding carboxylic acids is 2. The second-order valence-corrected chi connectivity index (χ2v) is 8.44. The fraction of sp³-hybridized carbons (Fsp3) is 0.267. The van der Waals surface area contributed by atoms with E-state index >= 15 is 0 Å². The monoisotopic (exact) mass is 501 g/mol. The van der Waals surface area contributed by atoms with Crippen LogP contribution in [0, 0.1) is 0 Å². The Hall–Kier alpha value is -4.26. The summed E-state index contributed by atoms with van der Waals surface area (Å²) in [6.45, 7) is 7.23. The van der Waals surface area contributed by atoms with Crippen LogP contribution in [-0.4, -0.2) is 41.5 Å². The minimum absolute atomic E-state index is 0.0247. The van der Waals surface area contributed by atoms with Gasteiger partial charge in [-0.1, -0.05) is 36.4 Å². The molecular weight excluding hydrogens is 470 g/mol. The lowest BCUT2D eigenvalue weighted by Gasteiger charge is -2.26. The Morgan fingerprint density at radius 3 is 2.11 bits per heavy atom. The molecule has 0 saturated carbocycles. The van der Waals surface area contributed by atoms with Crippen molar-refractivity contribution in [2.24, 2.45) is 0 Å². The summed E-state index contributed by atoms with van der Waals surface area (Å²) >= 11 is 0. The largest absolute Gasteiger partial charge is 0.507 e. The van der Waals surface area contributed by atoms with E-state index in [2.05, 4.69) is 0 Å². The van der Waals surface area contributed by atoms with E-state index in [1.165, 1.54) is 4.90 Å². The first-order chi connectivity index (χ1) is 18.0. The smallest absolute Gasteiger partial charge is 0.295 e. The van der Waals surface area contributed by atoms with E-state index in [4.69, 9.17) is 14.2 Å². The number of benzene rings is 3. The molecule has 0 bridgehead atoms. The van der Waals surface area contributed by atoms with Crippen LogP contribution in [0.4, 0.5) is 0 Å². The third kappa shape index (κ3) is 5.45. The number of carbonyl (C=O) groups is 2. The van der Waals surface area contributed by atoms with Gasteiger partial charge in [0.15, 0.2) is 11.5 Å². The Labute approximate surface area is 216 Å². The molecule has 0 aliphatic carbocycles. The average molecular weight is 502 g/mol. The zero-order chi connectivity index (χ0) is 26.4. The molecule has 7 heteroatoms. The first-order valence-electron chi connectivity index (χ1n) is 12.4. The van der Waals surface area contributed by atoms with Crippen molar-refractivity contribution in [1.82, 2.24) is 4.90 Å². The Bertz CT molecular complexity index is 1280. The van der Waals surface area contributed by atoms with E-state index in [1.54, 1.807) is 42.5 Å². The fourth-order valence-electron chi connectivity index (χ4n) is 4.44. The molecule has 1 N–H and O–H groups in total. The summed E-state index contributed by atoms with van der Waals surface area (Å²) < 4.78 is 17.0. The van der Waals surface area contributed by atoms with Crippen molar-refractivity contribution in [3.05, 3.63) is 95.1 Å². The highest BCUT2D eigenvalue weighted by atomic mass is 16.5. The van der Waals surface area contributed by atoms with Crippen LogP contribution in [0.15, 0.2) is 78.4 Å². The Morgan fingerprint density at radius 1 is 0.811 bits per heavy atom. The van der Waals surface area contributed by atoms with Crippen molar-refractivity contribution in [3.8, 4) is 17.2 Å². The Morgan fingerprint density at radius 2 is 1.46 bits per heavy atom. The van der Waals surface area contributed by atoms with Crippen molar-refractivity contribution >= 4 is 17.4 Å². The normalized spacial score (nSPS) is 16.6. The van der Waals surface area contributed by atoms with Gasteiger partial charge < -0.3 is 24.2 Å². The minimum Gasteiger partial charge on any atom is -0.507 e. The van der Waals surface area contributed by atoms with Crippen molar-refractivity contribution in [3.63, 3.8) is 0 Å². The van der Waals surface area contributed by atoms with Crippen LogP contribution in [0.2, 0.25) is 0 Å². The van der Waals surface area contributed by atoms with E-state index in [1.807, 2.05) is 51.1 Å². The highest BCUT2D eigenvalue weighted by Gasteiger charge is 2.46. The third-order valence-electron chi connectivity index (χ3n) is 6.06. The molecule has 3 aromatic rings. The molecule has 1 atom stereocenters. The maximum absolute atomic E-state index is 13.4. The first-order valence-corrected chi connectivity index (χ1v) is 12.4. The van der Waals surface area contributed by atoms with Gasteiger partial charge >= 0.3 is 0 Å². The van der Waals surface area contributed by atoms with E-state index in [0.29, 0.717) is 48.2 Å². The Balaban J connectivity index is 1.85. The molecule has 1 aliphatic rings. The van der Waals surface area contributed by atoms with Gasteiger partial charge in [0.05, 0.1) is 31.4 Å². The molecule has 1 fully saturated rings. The van der Waals surface area contributed by atoms with Gasteiger partial charge in [-0.15, -0.1) is 0 Å². The van der Waals surface area contributed by atoms with E-state index in [9.17, 15) is 14.7 Å². The maximum atomic E-state index is 13.4. The van der Waals surface area contributed by atoms with E-state index in [-0.39, 0.29) is 17.9 Å². The topological polar surface area (TPSA) is 85.3 Å². The number of ether oxygens (including phenoxy) is 3. The number of hydrogen-bond acceptors (Lipinski definition) is 6. The molecule has 7 nitrogen and oxygen atoms in total. The molecule has 1 heterocycles. The standard InChI is InChI=1S/C30H31NO6/c1-4-35-23-15-12-21(13-16-23)28(32)26-27(22-14-17-24(36-5-2)25(18-22)37-6-3)31(30(34)29(26)33)19-20-10-8-7-9-11-20/h7-18,27,32H,4-6,19H2,1-3H3. The van der Waals surface area contributed by atoms with Gasteiger partial charge in [-0.3, -0.25) is 9.59 Å². The summed E-state index contributed by atoms with van der Waals surface area (Å²) in [7, 11) is 0. The van der Waals surface area contributed by atoms with Crippen molar-refractivity contribution in [1.29, 1.82) is 0 Å². The lowest BCUT2D eigenvalue weighted by Crippen LogP contribution is -2.29. The lowest BCUT2D eigenvalue weighted by molar-refractivity contribution is -0.140. The van der Waals surface area contributed by atoms with Gasteiger partial charge in [-0.2, -0.15) is 0 Å². The van der Waals surface area contributed by atoms with Crippen LogP contribution < -0.4 is 14.2 Å². The zero-order valence-electron chi connectivity index (χ0n) is 21.3. The fourth-order valence-corrected chi connectivity index (χ4v) is 4.44. The lowest BCUT2D eigenvalue weighted by atomic mass is 9.94. The molecule has 0 spiro atoms. The Kier molecular flexibility index (Phi) is 8.13. The second kappa shape index (κ2) is 11.6. The SMILES string of the molecule is CCOc1ccc(C(O)=C2C(=O)C(=O)N(Cc3ccccc3)C2c2ccc(OCC)c(OCC)c2)cc1. The van der Waals surface area contributed by atoms with E-state index in [0.717, 1.165) is 5.56 Å². The molecule has 3 aromatic carbocycles. The highest BCUT2D eigenvalue weighted by Crippen LogP contribution is 2.43. The van der Waals surface area contributed by atoms with Crippen LogP contribution in [0.5, 0.6) is 17.2 Å². The van der Waals surface area contributed by atoms with Crippen molar-refractivity contribution in [2.75, 3.05) is 19.8 Å². The number of ketones is 1. The molecule has 37 heavy (non-hydrogen) atoms. The average Bonchev–Trinajstić information content (AvgIpc) is 3.16. The number of aliphatic hydroxyl groups excluding tert-OH is 1. The number of Topliss-reactive ketones (excluding diaryl/α,β-unsaturated/α-hetero) is 1. The molecule has 0 aromatic heterocycles. The predicted octanol–water partition coefficient (Wildman–Crippen LogP) is 5.50. The molecule has 192 valence electrons. The summed E-state index contributed by atoms with van der Waals surface area (Å²) in [6.07, 6.45) is 0. The molecule has 0 radical (unpaired) electrons. The molecular formula is C30H31NO6. The second-order valence-electron chi connectivity index (χ2n) is 8.44. The quantitative estimate of drug-likeness (QED) is 0.224. The van der Waals surface area contributed by atoms with Crippen LogP contribution in [0.3, 0.4) is 0 Å². The summed E-state index contributed by atoms with van der Waals surface area (Å²) in [5, 5.41) is 11.3. The van der Waals surface area contributed by atoms with Gasteiger partial charge in [0.1, 0.15) is 11.5 Å². The van der Waals surface area contributed by atoms with Crippen molar-refractivity contribution in [2.45, 2.75) is 33.4 Å². The number of amides is 1. The summed E-state index contributed by atoms with van der Waals surface area (Å²) in [5.74, 6) is 0.0713. The van der Waals surface area contributed by atoms with Gasteiger partial charge in [-0.25, -0.2) is 0 Å². The van der Waals surface area contributed by atoms with Gasteiger partial charge in [0, 0.05) is 12.1 Å². The maximum Gasteiger partial charge on any atom is 0.295 e. The number of likely N-dealkylation sites (tertiary alicyclic amines) is 1. The zero-order valence-corrected chi connectivity index (χ0v) is 21.3. The number of rotatable bonds is 10. The highest BCUT2D eigenvalue weighted by molar-refractivity contribution is 6.46. The predicted molar refractivity (Wildman–Crippen MR) is 141 cm³/mol. The summed E-state index contributed by atoms with van der Waals surface area (Å²) in [6, 6.07) is 20.7. The number of hydrogen-bond donors (Lipinski definition) is 1. The van der Waals surface area contributed by atoms with Crippen molar-refractivity contribution < 1.29 is 28.9 Å². The van der Waals surface area contributed by atoms with E-state index < -0.39 is 17.7 Å². The number of nitrogens with zero attached hydrogens (tertiary/aromatic N) is 1. The summed E-state index contributed by atoms with van der Waals surface area (Å²) in [5.41, 5.74) is 1.94. The summed E-state index contributed by atoms with van der Waals surface area (Å²) in [4.78, 5) is 28.2. The van der Waals surface area contributed by atoms with Gasteiger partial charge in [0.2, 0.25) is 0 Å².